The van der Waals surface area contributed by atoms with Crippen LogP contribution in [0.5, 0.6) is 5.75 Å². The van der Waals surface area contributed by atoms with Gasteiger partial charge >= 0.3 is 0 Å². The number of hydrogen-bond donors (Lipinski definition) is 0. The van der Waals surface area contributed by atoms with Crippen molar-refractivity contribution in [2.45, 2.75) is 17.1 Å². The number of benzene rings is 1. The summed E-state index contributed by atoms with van der Waals surface area (Å²) in [5.41, 5.74) is 0.602. The lowest BCUT2D eigenvalue weighted by atomic mass is 9.98. The van der Waals surface area contributed by atoms with Gasteiger partial charge in [-0.1, -0.05) is 34.5 Å². The number of likely N-dealkylation sites (N-methyl/N-ethyl adjacent to an activating group) is 1. The van der Waals surface area contributed by atoms with Crippen LogP contribution in [-0.4, -0.2) is 75.9 Å². The molecule has 1 fully saturated rings. The smallest absolute Gasteiger partial charge is 0.252 e. The molecule has 4 rings (SSSR count). The number of carbonyl (C=O) groups excluding carboxylic acids is 1. The largest absolute Gasteiger partial charge is 0.494 e. The summed E-state index contributed by atoms with van der Waals surface area (Å²) < 4.78 is 34.5. The van der Waals surface area contributed by atoms with Crippen LogP contribution in [0, 0.1) is 5.92 Å². The minimum Gasteiger partial charge on any atom is -0.494 e. The zero-order valence-corrected chi connectivity index (χ0v) is 23.5. The van der Waals surface area contributed by atoms with E-state index in [0.29, 0.717) is 58.2 Å². The van der Waals surface area contributed by atoms with Gasteiger partial charge in [-0.05, 0) is 51.2 Å². The summed E-state index contributed by atoms with van der Waals surface area (Å²) in [6.07, 6.45) is 1.19. The maximum absolute atomic E-state index is 13.8. The average molecular weight is 578 g/mol. The van der Waals surface area contributed by atoms with Gasteiger partial charge in [-0.3, -0.25) is 9.69 Å². The van der Waals surface area contributed by atoms with Crippen LogP contribution >= 0.6 is 45.9 Å². The van der Waals surface area contributed by atoms with Crippen LogP contribution in [0.4, 0.5) is 5.13 Å². The topological polar surface area (TPSA) is 83.0 Å². The molecule has 1 saturated heterocycles. The molecule has 1 aliphatic rings. The molecular formula is C22H26Cl2N4O4S3. The van der Waals surface area contributed by atoms with E-state index in [2.05, 4.69) is 0 Å². The molecule has 1 aliphatic heterocycles. The Morgan fingerprint density at radius 2 is 1.97 bits per heavy atom. The third-order valence-electron chi connectivity index (χ3n) is 5.81. The Hall–Kier alpha value is -1.47. The van der Waals surface area contributed by atoms with E-state index in [1.54, 1.807) is 30.2 Å². The highest BCUT2D eigenvalue weighted by molar-refractivity contribution is 7.91. The number of thiazole rings is 1. The predicted octanol–water partition coefficient (Wildman–Crippen LogP) is 4.67. The van der Waals surface area contributed by atoms with Crippen LogP contribution in [0.2, 0.25) is 9.36 Å². The van der Waals surface area contributed by atoms with Gasteiger partial charge in [0.15, 0.2) is 5.13 Å². The lowest BCUT2D eigenvalue weighted by Crippen LogP contribution is -2.48. The van der Waals surface area contributed by atoms with Gasteiger partial charge in [-0.2, -0.15) is 4.31 Å². The maximum Gasteiger partial charge on any atom is 0.252 e. The molecule has 1 atom stereocenters. The molecule has 1 aromatic carbocycles. The third-order valence-corrected chi connectivity index (χ3v) is 10.9. The summed E-state index contributed by atoms with van der Waals surface area (Å²) in [6, 6.07) is 6.58. The summed E-state index contributed by atoms with van der Waals surface area (Å²) in [7, 11) is 1.71. The fourth-order valence-electron chi connectivity index (χ4n) is 3.97. The van der Waals surface area contributed by atoms with Crippen molar-refractivity contribution in [1.82, 2.24) is 14.2 Å². The van der Waals surface area contributed by atoms with E-state index in [4.69, 9.17) is 32.9 Å². The number of fused-ring (bicyclic) bond motifs is 1. The number of piperidine rings is 1. The van der Waals surface area contributed by atoms with E-state index >= 15 is 0 Å². The number of carbonyl (C=O) groups is 1. The lowest BCUT2D eigenvalue weighted by molar-refractivity contribution is -0.123. The van der Waals surface area contributed by atoms with Crippen LogP contribution in [0.1, 0.15) is 12.8 Å². The normalized spacial score (nSPS) is 17.3. The number of thiophene rings is 1. The summed E-state index contributed by atoms with van der Waals surface area (Å²) in [5, 5.41) is 1.05. The van der Waals surface area contributed by atoms with Crippen molar-refractivity contribution >= 4 is 77.2 Å². The summed E-state index contributed by atoms with van der Waals surface area (Å²) in [4.78, 5) is 22.2. The molecule has 0 N–H and O–H groups in total. The Morgan fingerprint density at radius 3 is 2.63 bits per heavy atom. The molecule has 1 unspecified atom stereocenters. The summed E-state index contributed by atoms with van der Waals surface area (Å²) in [5.74, 6) is -0.0536. The highest BCUT2D eigenvalue weighted by Gasteiger charge is 2.37. The van der Waals surface area contributed by atoms with Crippen molar-refractivity contribution in [1.29, 1.82) is 0 Å². The second-order valence-corrected chi connectivity index (χ2v) is 13.7. The average Bonchev–Trinajstić information content (AvgIpc) is 3.47. The van der Waals surface area contributed by atoms with Crippen molar-refractivity contribution in [3.8, 4) is 5.75 Å². The van der Waals surface area contributed by atoms with Gasteiger partial charge in [-0.15, -0.1) is 11.3 Å². The standard InChI is InChI=1S/C22H26Cl2N4O4S3/c1-26(2)11-12-28(22-25-19-16(32-3)7-6-15(23)20(19)34-22)21(29)14-5-4-10-27(13-14)35(30,31)18-9-8-17(24)33-18/h6-9,14H,4-5,10-13H2,1-3H3. The van der Waals surface area contributed by atoms with Gasteiger partial charge in [0.05, 0.1) is 27.1 Å². The fourth-order valence-corrected chi connectivity index (χ4v) is 8.42. The molecule has 13 heteroatoms. The molecule has 35 heavy (non-hydrogen) atoms. The number of ether oxygens (including phenoxy) is 1. The quantitative estimate of drug-likeness (QED) is 0.387. The maximum atomic E-state index is 13.8. The van der Waals surface area contributed by atoms with Crippen molar-refractivity contribution in [2.75, 3.05) is 52.3 Å². The minimum absolute atomic E-state index is 0.115. The molecule has 0 aliphatic carbocycles. The van der Waals surface area contributed by atoms with Crippen molar-refractivity contribution in [2.24, 2.45) is 5.92 Å². The number of aromatic nitrogens is 1. The monoisotopic (exact) mass is 576 g/mol. The molecule has 8 nitrogen and oxygen atoms in total. The highest BCUT2D eigenvalue weighted by Crippen LogP contribution is 2.39. The van der Waals surface area contributed by atoms with Crippen LogP contribution < -0.4 is 9.64 Å². The number of hydrogen-bond acceptors (Lipinski definition) is 8. The van der Waals surface area contributed by atoms with Crippen LogP contribution in [0.25, 0.3) is 10.2 Å². The van der Waals surface area contributed by atoms with E-state index in [1.807, 2.05) is 19.0 Å². The first-order valence-corrected chi connectivity index (χ1v) is 14.8. The Kier molecular flexibility index (Phi) is 8.26. The van der Waals surface area contributed by atoms with E-state index < -0.39 is 15.9 Å². The van der Waals surface area contributed by atoms with Gasteiger partial charge < -0.3 is 9.64 Å². The van der Waals surface area contributed by atoms with Gasteiger partial charge in [-0.25, -0.2) is 13.4 Å². The van der Waals surface area contributed by atoms with Crippen molar-refractivity contribution < 1.29 is 17.9 Å². The molecule has 0 saturated carbocycles. The molecule has 0 radical (unpaired) electrons. The Labute approximate surface area is 223 Å². The number of amides is 1. The molecule has 2 aromatic heterocycles. The van der Waals surface area contributed by atoms with Gasteiger partial charge in [0.25, 0.3) is 10.0 Å². The first kappa shape index (κ1) is 26.6. The Balaban J connectivity index is 1.64. The van der Waals surface area contributed by atoms with Crippen LogP contribution in [0.15, 0.2) is 28.5 Å². The molecule has 3 heterocycles. The van der Waals surface area contributed by atoms with E-state index in [-0.39, 0.29) is 16.7 Å². The van der Waals surface area contributed by atoms with Gasteiger partial charge in [0, 0.05) is 26.2 Å². The minimum atomic E-state index is -3.72. The lowest BCUT2D eigenvalue weighted by Gasteiger charge is -2.33. The Morgan fingerprint density at radius 1 is 1.20 bits per heavy atom. The Bertz CT molecular complexity index is 1330. The summed E-state index contributed by atoms with van der Waals surface area (Å²) in [6.45, 7) is 1.52. The molecule has 190 valence electrons. The number of rotatable bonds is 8. The molecular weight excluding hydrogens is 551 g/mol. The van der Waals surface area contributed by atoms with E-state index in [0.717, 1.165) is 16.0 Å². The molecule has 3 aromatic rings. The predicted molar refractivity (Wildman–Crippen MR) is 143 cm³/mol. The fraction of sp³-hybridized carbons (Fsp3) is 0.455. The zero-order valence-electron chi connectivity index (χ0n) is 19.5. The number of sulfonamides is 1. The third kappa shape index (κ3) is 5.61. The van der Waals surface area contributed by atoms with E-state index in [1.165, 1.54) is 21.7 Å². The second-order valence-electron chi connectivity index (χ2n) is 8.48. The molecule has 0 bridgehead atoms. The van der Waals surface area contributed by atoms with Crippen LogP contribution in [0.3, 0.4) is 0 Å². The number of halogens is 2. The summed E-state index contributed by atoms with van der Waals surface area (Å²) >= 11 is 14.7. The first-order chi connectivity index (χ1) is 16.6. The van der Waals surface area contributed by atoms with E-state index in [9.17, 15) is 13.2 Å². The highest BCUT2D eigenvalue weighted by atomic mass is 35.5. The number of nitrogens with zero attached hydrogens (tertiary/aromatic N) is 4. The number of anilines is 1. The number of methoxy groups -OCH3 is 1. The van der Waals surface area contributed by atoms with Crippen molar-refractivity contribution in [3.63, 3.8) is 0 Å². The van der Waals surface area contributed by atoms with Crippen LogP contribution in [-0.2, 0) is 14.8 Å². The second kappa shape index (κ2) is 10.9. The molecule has 1 amide bonds. The molecule has 0 spiro atoms. The van der Waals surface area contributed by atoms with Gasteiger partial charge in [0.2, 0.25) is 5.91 Å². The zero-order chi connectivity index (χ0) is 25.3. The van der Waals surface area contributed by atoms with Crippen molar-refractivity contribution in [3.05, 3.63) is 33.6 Å². The van der Waals surface area contributed by atoms with Gasteiger partial charge in [0.1, 0.15) is 15.5 Å². The first-order valence-electron chi connectivity index (χ1n) is 11.0. The SMILES string of the molecule is COc1ccc(Cl)c2sc(N(CCN(C)C)C(=O)C3CCCN(S(=O)(=O)c4ccc(Cl)s4)C3)nc12.